The van der Waals surface area contributed by atoms with Gasteiger partial charge in [-0.05, 0) is 51.0 Å². The minimum Gasteiger partial charge on any atom is -0.508 e. The summed E-state index contributed by atoms with van der Waals surface area (Å²) >= 11 is 0. The Morgan fingerprint density at radius 1 is 1.17 bits per heavy atom. The van der Waals surface area contributed by atoms with E-state index < -0.39 is 0 Å². The van der Waals surface area contributed by atoms with Crippen molar-refractivity contribution in [2.75, 3.05) is 0 Å². The lowest BCUT2D eigenvalue weighted by Crippen LogP contribution is -2.45. The number of benzene rings is 1. The van der Waals surface area contributed by atoms with Crippen LogP contribution in [-0.2, 0) is 11.2 Å². The van der Waals surface area contributed by atoms with Gasteiger partial charge in [0.1, 0.15) is 11.6 Å². The molecule has 0 radical (unpaired) electrons. The van der Waals surface area contributed by atoms with Gasteiger partial charge in [-0.3, -0.25) is 4.79 Å². The van der Waals surface area contributed by atoms with Crippen molar-refractivity contribution in [1.29, 1.82) is 0 Å². The number of aromatic nitrogens is 2. The van der Waals surface area contributed by atoms with Gasteiger partial charge in [0, 0.05) is 23.1 Å². The Morgan fingerprint density at radius 2 is 1.91 bits per heavy atom. The summed E-state index contributed by atoms with van der Waals surface area (Å²) in [5.74, 6) is 1.23. The summed E-state index contributed by atoms with van der Waals surface area (Å²) in [6, 6.07) is 6.96. The molecule has 0 fully saturated rings. The SMILES string of the molecule is CC1(C)CC(=O)C2=C(N1)c1[nH]c(-c3ccc(O)cc3)nc1CC2. The van der Waals surface area contributed by atoms with E-state index in [0.717, 1.165) is 46.9 Å². The van der Waals surface area contributed by atoms with Gasteiger partial charge in [-0.2, -0.15) is 0 Å². The summed E-state index contributed by atoms with van der Waals surface area (Å²) in [6.07, 6.45) is 2.04. The van der Waals surface area contributed by atoms with Crippen LogP contribution >= 0.6 is 0 Å². The summed E-state index contributed by atoms with van der Waals surface area (Å²) in [6.45, 7) is 4.08. The van der Waals surface area contributed by atoms with Crippen molar-refractivity contribution < 1.29 is 9.90 Å². The smallest absolute Gasteiger partial charge is 0.163 e. The molecule has 0 atom stereocenters. The molecule has 3 N–H and O–H groups in total. The van der Waals surface area contributed by atoms with E-state index in [2.05, 4.69) is 10.3 Å². The Morgan fingerprint density at radius 3 is 2.65 bits per heavy atom. The molecule has 23 heavy (non-hydrogen) atoms. The minimum atomic E-state index is -0.242. The highest BCUT2D eigenvalue weighted by Crippen LogP contribution is 2.36. The summed E-state index contributed by atoms with van der Waals surface area (Å²) in [4.78, 5) is 20.5. The third-order valence-electron chi connectivity index (χ3n) is 4.49. The standard InChI is InChI=1S/C18H19N3O2/c1-18(2)9-14(23)12-7-8-13-16(15(12)21-18)20-17(19-13)10-3-5-11(22)6-4-10/h3-6,21-22H,7-9H2,1-2H3,(H,19,20). The highest BCUT2D eigenvalue weighted by atomic mass is 16.3. The van der Waals surface area contributed by atoms with Gasteiger partial charge >= 0.3 is 0 Å². The van der Waals surface area contributed by atoms with Crippen LogP contribution < -0.4 is 5.32 Å². The third-order valence-corrected chi connectivity index (χ3v) is 4.49. The zero-order valence-corrected chi connectivity index (χ0v) is 13.2. The predicted octanol–water partition coefficient (Wildman–Crippen LogP) is 2.78. The fraction of sp³-hybridized carbons (Fsp3) is 0.333. The largest absolute Gasteiger partial charge is 0.508 e. The molecule has 5 nitrogen and oxygen atoms in total. The molecule has 0 saturated carbocycles. The average Bonchev–Trinajstić information content (AvgIpc) is 2.91. The minimum absolute atomic E-state index is 0.232. The van der Waals surface area contributed by atoms with E-state index in [4.69, 9.17) is 4.98 Å². The van der Waals surface area contributed by atoms with Crippen LogP contribution in [0.2, 0.25) is 0 Å². The van der Waals surface area contributed by atoms with Crippen molar-refractivity contribution in [3.05, 3.63) is 41.2 Å². The van der Waals surface area contributed by atoms with E-state index in [9.17, 15) is 9.90 Å². The normalized spacial score (nSPS) is 19.1. The topological polar surface area (TPSA) is 78.0 Å². The van der Waals surface area contributed by atoms with Crippen LogP contribution in [0.5, 0.6) is 5.75 Å². The second kappa shape index (κ2) is 4.72. The molecule has 118 valence electrons. The van der Waals surface area contributed by atoms with E-state index >= 15 is 0 Å². The molecule has 0 bridgehead atoms. The number of aromatic amines is 1. The van der Waals surface area contributed by atoms with Crippen LogP contribution in [-0.4, -0.2) is 26.4 Å². The second-order valence-corrected chi connectivity index (χ2v) is 6.92. The first-order valence-corrected chi connectivity index (χ1v) is 7.86. The number of rotatable bonds is 1. The summed E-state index contributed by atoms with van der Waals surface area (Å²) in [5.41, 5.74) is 4.39. The number of aromatic hydroxyl groups is 1. The average molecular weight is 309 g/mol. The number of phenols is 1. The van der Waals surface area contributed by atoms with Crippen molar-refractivity contribution in [2.24, 2.45) is 0 Å². The lowest BCUT2D eigenvalue weighted by Gasteiger charge is -2.36. The molecular weight excluding hydrogens is 290 g/mol. The molecule has 1 aromatic heterocycles. The van der Waals surface area contributed by atoms with Crippen molar-refractivity contribution in [3.63, 3.8) is 0 Å². The maximum atomic E-state index is 12.4. The lowest BCUT2D eigenvalue weighted by atomic mass is 9.83. The van der Waals surface area contributed by atoms with Crippen LogP contribution in [0.4, 0.5) is 0 Å². The maximum absolute atomic E-state index is 12.4. The molecule has 1 aromatic carbocycles. The number of phenolic OH excluding ortho intramolecular Hbond substituents is 1. The van der Waals surface area contributed by atoms with Crippen LogP contribution in [0, 0.1) is 0 Å². The molecule has 1 aliphatic carbocycles. The van der Waals surface area contributed by atoms with Gasteiger partial charge in [-0.1, -0.05) is 0 Å². The van der Waals surface area contributed by atoms with E-state index in [1.165, 1.54) is 0 Å². The Bertz CT molecular complexity index is 828. The monoisotopic (exact) mass is 309 g/mol. The third kappa shape index (κ3) is 2.32. The Kier molecular flexibility index (Phi) is 2.88. The molecule has 0 saturated heterocycles. The highest BCUT2D eigenvalue weighted by molar-refractivity contribution is 6.05. The van der Waals surface area contributed by atoms with Gasteiger partial charge < -0.3 is 15.4 Å². The number of ketones is 1. The Hall–Kier alpha value is -2.56. The van der Waals surface area contributed by atoms with Crippen molar-refractivity contribution in [1.82, 2.24) is 15.3 Å². The van der Waals surface area contributed by atoms with E-state index in [1.54, 1.807) is 12.1 Å². The first-order valence-electron chi connectivity index (χ1n) is 7.86. The number of hydrogen-bond donors (Lipinski definition) is 3. The molecule has 5 heteroatoms. The van der Waals surface area contributed by atoms with E-state index in [1.807, 2.05) is 26.0 Å². The quantitative estimate of drug-likeness (QED) is 0.757. The number of aryl methyl sites for hydroxylation is 1. The van der Waals surface area contributed by atoms with Crippen molar-refractivity contribution in [3.8, 4) is 17.1 Å². The first kappa shape index (κ1) is 14.1. The molecule has 0 amide bonds. The van der Waals surface area contributed by atoms with Crippen LogP contribution in [0.1, 0.15) is 38.1 Å². The summed E-state index contributed by atoms with van der Waals surface area (Å²) in [5, 5.41) is 12.9. The number of nitrogens with one attached hydrogen (secondary N) is 2. The zero-order chi connectivity index (χ0) is 16.2. The number of Topliss-reactive ketones (excluding diaryl/α,β-unsaturated/α-hetero) is 1. The molecule has 2 heterocycles. The van der Waals surface area contributed by atoms with Gasteiger partial charge in [-0.25, -0.2) is 4.98 Å². The maximum Gasteiger partial charge on any atom is 0.163 e. The number of imidazole rings is 1. The van der Waals surface area contributed by atoms with E-state index in [-0.39, 0.29) is 17.1 Å². The van der Waals surface area contributed by atoms with Crippen LogP contribution in [0.15, 0.2) is 29.8 Å². The predicted molar refractivity (Wildman–Crippen MR) is 87.8 cm³/mol. The van der Waals surface area contributed by atoms with Gasteiger partial charge in [0.15, 0.2) is 5.78 Å². The molecular formula is C18H19N3O2. The Balaban J connectivity index is 1.80. The van der Waals surface area contributed by atoms with Crippen LogP contribution in [0.3, 0.4) is 0 Å². The highest BCUT2D eigenvalue weighted by Gasteiger charge is 2.36. The van der Waals surface area contributed by atoms with Gasteiger partial charge in [-0.15, -0.1) is 0 Å². The number of allylic oxidation sites excluding steroid dienone is 1. The number of hydrogen-bond acceptors (Lipinski definition) is 4. The van der Waals surface area contributed by atoms with Gasteiger partial charge in [0.2, 0.25) is 0 Å². The number of H-pyrrole nitrogens is 1. The van der Waals surface area contributed by atoms with Crippen molar-refractivity contribution in [2.45, 2.75) is 38.6 Å². The van der Waals surface area contributed by atoms with E-state index in [0.29, 0.717) is 6.42 Å². The van der Waals surface area contributed by atoms with Crippen molar-refractivity contribution >= 4 is 11.5 Å². The fourth-order valence-corrected chi connectivity index (χ4v) is 3.38. The Labute approximate surface area is 134 Å². The molecule has 1 aliphatic heterocycles. The second-order valence-electron chi connectivity index (χ2n) is 6.92. The molecule has 0 spiro atoms. The number of carbonyl (C=O) groups excluding carboxylic acids is 1. The summed E-state index contributed by atoms with van der Waals surface area (Å²) in [7, 11) is 0. The van der Waals surface area contributed by atoms with Crippen LogP contribution in [0.25, 0.3) is 17.1 Å². The lowest BCUT2D eigenvalue weighted by molar-refractivity contribution is -0.117. The molecule has 4 rings (SSSR count). The summed E-state index contributed by atoms with van der Waals surface area (Å²) < 4.78 is 0. The number of nitrogens with zero attached hydrogens (tertiary/aromatic N) is 1. The first-order chi connectivity index (χ1) is 10.9. The number of fused-ring (bicyclic) bond motifs is 2. The number of carbonyl (C=O) groups is 1. The zero-order valence-electron chi connectivity index (χ0n) is 13.2. The molecule has 2 aromatic rings. The van der Waals surface area contributed by atoms with Gasteiger partial charge in [0.25, 0.3) is 0 Å². The molecule has 2 aliphatic rings. The molecule has 0 unspecified atom stereocenters. The fourth-order valence-electron chi connectivity index (χ4n) is 3.38. The van der Waals surface area contributed by atoms with Gasteiger partial charge in [0.05, 0.1) is 17.1 Å².